The Labute approximate surface area is 219 Å². The normalized spacial score (nSPS) is 28.8. The average Bonchev–Trinajstić information content (AvgIpc) is 3.19. The number of methoxy groups -OCH3 is 1. The Morgan fingerprint density at radius 2 is 1.97 bits per heavy atom. The van der Waals surface area contributed by atoms with Crippen molar-refractivity contribution in [2.24, 2.45) is 17.3 Å². The van der Waals surface area contributed by atoms with E-state index in [1.54, 1.807) is 12.1 Å². The molecule has 1 aliphatic heterocycles. The van der Waals surface area contributed by atoms with Gasteiger partial charge in [-0.2, -0.15) is 0 Å². The molecule has 0 spiro atoms. The fourth-order valence-electron chi connectivity index (χ4n) is 6.36. The maximum absolute atomic E-state index is 12.9. The number of sulfonamides is 1. The molecule has 0 aromatic heterocycles. The Hall–Kier alpha value is -2.15. The van der Waals surface area contributed by atoms with Gasteiger partial charge in [0.1, 0.15) is 11.3 Å². The number of carbonyl (C=O) groups excluding carboxylic acids is 1. The largest absolute Gasteiger partial charge is 0.496 e. The lowest BCUT2D eigenvalue weighted by molar-refractivity contribution is -0.199. The van der Waals surface area contributed by atoms with Crippen LogP contribution in [0.25, 0.3) is 0 Å². The number of hydrogen-bond donors (Lipinski definition) is 2. The number of ether oxygens (including phenoxy) is 1. The van der Waals surface area contributed by atoms with Crippen molar-refractivity contribution in [1.82, 2.24) is 9.62 Å². The summed E-state index contributed by atoms with van der Waals surface area (Å²) in [6.45, 7) is 6.60. The molecule has 12 heteroatoms. The lowest BCUT2D eigenvalue weighted by Gasteiger charge is -2.64. The van der Waals surface area contributed by atoms with Crippen LogP contribution in [-0.2, 0) is 30.5 Å². The number of rotatable bonds is 10. The highest BCUT2D eigenvalue weighted by Gasteiger charge is 2.68. The van der Waals surface area contributed by atoms with Crippen molar-refractivity contribution < 1.29 is 37.2 Å². The van der Waals surface area contributed by atoms with Crippen molar-refractivity contribution in [3.63, 3.8) is 0 Å². The highest BCUT2D eigenvalue weighted by atomic mass is 32.2. The van der Waals surface area contributed by atoms with E-state index >= 15 is 0 Å². The molecule has 204 valence electrons. The number of benzene rings is 1. The summed E-state index contributed by atoms with van der Waals surface area (Å²) in [6.07, 6.45) is 1.78. The fraction of sp³-hybridized carbons (Fsp3) is 0.680. The molecule has 1 amide bonds. The Morgan fingerprint density at radius 1 is 1.27 bits per heavy atom. The van der Waals surface area contributed by atoms with Crippen LogP contribution in [0.4, 0.5) is 0 Å². The Kier molecular flexibility index (Phi) is 7.44. The van der Waals surface area contributed by atoms with Gasteiger partial charge in [0, 0.05) is 20.5 Å². The minimum Gasteiger partial charge on any atom is -0.496 e. The van der Waals surface area contributed by atoms with Crippen LogP contribution in [0.3, 0.4) is 0 Å². The molecule has 1 heterocycles. The molecule has 4 aliphatic rings. The third-order valence-electron chi connectivity index (χ3n) is 8.76. The maximum Gasteiger partial charge on any atom is 0.482 e. The number of carboxylic acid groups (broad SMARTS) is 1. The summed E-state index contributed by atoms with van der Waals surface area (Å²) in [6, 6.07) is 4.82. The maximum atomic E-state index is 12.9. The molecule has 2 N–H and O–H groups in total. The summed E-state index contributed by atoms with van der Waals surface area (Å²) in [5.41, 5.74) is 0.221. The van der Waals surface area contributed by atoms with Gasteiger partial charge in [0.05, 0.1) is 30.5 Å². The van der Waals surface area contributed by atoms with Crippen LogP contribution >= 0.6 is 0 Å². The fourth-order valence-corrected chi connectivity index (χ4v) is 7.17. The van der Waals surface area contributed by atoms with Crippen LogP contribution in [0.1, 0.15) is 56.0 Å². The minimum absolute atomic E-state index is 0.0126. The number of aromatic carboxylic acids is 1. The third-order valence-corrected chi connectivity index (χ3v) is 10.6. The second-order valence-electron chi connectivity index (χ2n) is 11.4. The van der Waals surface area contributed by atoms with Crippen LogP contribution in [0.5, 0.6) is 5.75 Å². The molecule has 4 fully saturated rings. The van der Waals surface area contributed by atoms with Crippen LogP contribution in [0.15, 0.2) is 18.2 Å². The molecule has 2 bridgehead atoms. The lowest BCUT2D eigenvalue weighted by atomic mass is 9.43. The minimum atomic E-state index is -3.55. The van der Waals surface area contributed by atoms with E-state index in [0.29, 0.717) is 17.4 Å². The summed E-state index contributed by atoms with van der Waals surface area (Å²) in [5, 5.41) is 12.5. The first-order chi connectivity index (χ1) is 17.2. The van der Waals surface area contributed by atoms with Gasteiger partial charge in [-0.3, -0.25) is 4.79 Å². The van der Waals surface area contributed by atoms with Gasteiger partial charge in [-0.05, 0) is 55.1 Å². The summed E-state index contributed by atoms with van der Waals surface area (Å²) in [4.78, 5) is 24.7. The number of amides is 1. The predicted molar refractivity (Wildman–Crippen MR) is 138 cm³/mol. The Morgan fingerprint density at radius 3 is 2.57 bits per heavy atom. The average molecular weight is 536 g/mol. The smallest absolute Gasteiger partial charge is 0.482 e. The molecule has 0 radical (unpaired) electrons. The van der Waals surface area contributed by atoms with Gasteiger partial charge in [0.25, 0.3) is 0 Å². The Balaban J connectivity index is 1.59. The first kappa shape index (κ1) is 27.9. The summed E-state index contributed by atoms with van der Waals surface area (Å²) in [7, 11) is -0.0811. The van der Waals surface area contributed by atoms with Gasteiger partial charge in [-0.1, -0.05) is 26.0 Å². The van der Waals surface area contributed by atoms with Crippen molar-refractivity contribution >= 4 is 29.0 Å². The van der Waals surface area contributed by atoms with Gasteiger partial charge in [-0.25, -0.2) is 17.5 Å². The number of nitrogens with one attached hydrogen (secondary N) is 1. The molecule has 1 aromatic carbocycles. The van der Waals surface area contributed by atoms with E-state index in [4.69, 9.17) is 14.0 Å². The van der Waals surface area contributed by atoms with Crippen LogP contribution in [0.2, 0.25) is 0 Å². The number of carboxylic acids is 1. The van der Waals surface area contributed by atoms with E-state index < -0.39 is 40.6 Å². The lowest BCUT2D eigenvalue weighted by Crippen LogP contribution is -2.65. The Bertz CT molecular complexity index is 1170. The topological polar surface area (TPSA) is 131 Å². The SMILES string of the molecule is COc1c(CC(NC(=O)CCS(=O)(=O)N(C)C)B2OC3CC4CC(C4(C)C)C3(C)O2)cccc1C(=O)O. The van der Waals surface area contributed by atoms with Crippen LogP contribution < -0.4 is 10.1 Å². The number of para-hydroxylation sites is 1. The second-order valence-corrected chi connectivity index (χ2v) is 13.7. The standard InChI is InChI=1S/C25H37BN2O8S/c1-24(2)16-13-18(24)25(3)19(14-16)35-26(36-25)20(27-21(29)10-11-37(32,33)28(4)5)12-15-8-7-9-17(23(30)31)22(15)34-6/h7-9,16,18-20H,10-14H2,1-6H3,(H,27,29)(H,30,31). The molecule has 10 nitrogen and oxygen atoms in total. The molecule has 5 rings (SSSR count). The van der Waals surface area contributed by atoms with Gasteiger partial charge < -0.3 is 24.5 Å². The van der Waals surface area contributed by atoms with Crippen molar-refractivity contribution in [3.05, 3.63) is 29.3 Å². The first-order valence-electron chi connectivity index (χ1n) is 12.6. The van der Waals surface area contributed by atoms with Gasteiger partial charge in [-0.15, -0.1) is 0 Å². The van der Waals surface area contributed by atoms with Crippen molar-refractivity contribution in [2.45, 2.75) is 64.1 Å². The monoisotopic (exact) mass is 536 g/mol. The van der Waals surface area contributed by atoms with Gasteiger partial charge >= 0.3 is 13.1 Å². The predicted octanol–water partition coefficient (Wildman–Crippen LogP) is 1.97. The van der Waals surface area contributed by atoms with Crippen LogP contribution in [-0.4, -0.2) is 81.4 Å². The number of nitrogens with zero attached hydrogens (tertiary/aromatic N) is 1. The zero-order valence-electron chi connectivity index (χ0n) is 22.3. The highest BCUT2D eigenvalue weighted by molar-refractivity contribution is 7.89. The molecule has 1 saturated heterocycles. The van der Waals surface area contributed by atoms with Crippen LogP contribution in [0, 0.1) is 17.3 Å². The van der Waals surface area contributed by atoms with E-state index in [1.807, 2.05) is 0 Å². The van der Waals surface area contributed by atoms with Crippen molar-refractivity contribution in [3.8, 4) is 5.75 Å². The third kappa shape index (κ3) is 5.00. The molecule has 3 saturated carbocycles. The second kappa shape index (κ2) is 9.87. The summed E-state index contributed by atoms with van der Waals surface area (Å²) >= 11 is 0. The molecule has 37 heavy (non-hydrogen) atoms. The molecular formula is C25H37BN2O8S. The molecule has 5 unspecified atom stereocenters. The van der Waals surface area contributed by atoms with Crippen molar-refractivity contribution in [1.29, 1.82) is 0 Å². The van der Waals surface area contributed by atoms with E-state index in [-0.39, 0.29) is 41.4 Å². The highest BCUT2D eigenvalue weighted by Crippen LogP contribution is 2.65. The van der Waals surface area contributed by atoms with E-state index in [0.717, 1.165) is 17.1 Å². The first-order valence-corrected chi connectivity index (χ1v) is 14.2. The number of carbonyl (C=O) groups is 2. The van der Waals surface area contributed by atoms with E-state index in [1.165, 1.54) is 27.3 Å². The number of hydrogen-bond acceptors (Lipinski definition) is 7. The summed E-state index contributed by atoms with van der Waals surface area (Å²) in [5.74, 6) is -1.52. The van der Waals surface area contributed by atoms with E-state index in [2.05, 4.69) is 26.1 Å². The van der Waals surface area contributed by atoms with Crippen molar-refractivity contribution in [2.75, 3.05) is 27.0 Å². The zero-order chi connectivity index (χ0) is 27.3. The van der Waals surface area contributed by atoms with Gasteiger partial charge in [0.15, 0.2) is 0 Å². The molecule has 1 aromatic rings. The molecule has 3 aliphatic carbocycles. The molecular weight excluding hydrogens is 499 g/mol. The quantitative estimate of drug-likeness (QED) is 0.434. The van der Waals surface area contributed by atoms with Gasteiger partial charge in [0.2, 0.25) is 15.9 Å². The zero-order valence-corrected chi connectivity index (χ0v) is 23.1. The summed E-state index contributed by atoms with van der Waals surface area (Å²) < 4.78 is 43.9. The van der Waals surface area contributed by atoms with E-state index in [9.17, 15) is 23.1 Å². The molecule has 5 atom stereocenters.